The summed E-state index contributed by atoms with van der Waals surface area (Å²) >= 11 is 0. The molecule has 0 bridgehead atoms. The largest absolute Gasteiger partial charge is 0.380 e. The number of amides is 1. The smallest absolute Gasteiger partial charge is 0.269 e. The maximum absolute atomic E-state index is 12.1. The Balaban J connectivity index is 1.51. The van der Waals surface area contributed by atoms with Gasteiger partial charge in [0.25, 0.3) is 5.91 Å². The molecule has 5 heteroatoms. The van der Waals surface area contributed by atoms with Crippen LogP contribution in [0.4, 0.5) is 5.69 Å². The molecular weight excluding hydrogens is 302 g/mol. The van der Waals surface area contributed by atoms with Crippen LogP contribution in [0.1, 0.15) is 34.5 Å². The third kappa shape index (κ3) is 4.32. The van der Waals surface area contributed by atoms with Crippen LogP contribution in [0.5, 0.6) is 0 Å². The van der Waals surface area contributed by atoms with E-state index in [-0.39, 0.29) is 12.0 Å². The topological polar surface area (TPSA) is 63.2 Å². The molecule has 0 radical (unpaired) electrons. The van der Waals surface area contributed by atoms with Gasteiger partial charge in [-0.15, -0.1) is 0 Å². The molecule has 1 unspecified atom stereocenters. The lowest BCUT2D eigenvalue weighted by atomic mass is 10.1. The van der Waals surface area contributed by atoms with E-state index in [4.69, 9.17) is 4.74 Å². The van der Waals surface area contributed by atoms with Crippen LogP contribution in [0, 0.1) is 6.92 Å². The molecule has 5 nitrogen and oxygen atoms in total. The lowest BCUT2D eigenvalue weighted by Crippen LogP contribution is -2.32. The molecule has 1 aromatic carbocycles. The fraction of sp³-hybridized carbons (Fsp3) is 0.368. The minimum Gasteiger partial charge on any atom is -0.380 e. The number of anilines is 1. The van der Waals surface area contributed by atoms with Gasteiger partial charge >= 0.3 is 0 Å². The maximum Gasteiger partial charge on any atom is 0.269 e. The van der Waals surface area contributed by atoms with Gasteiger partial charge in [-0.3, -0.25) is 4.79 Å². The summed E-state index contributed by atoms with van der Waals surface area (Å²) in [5, 5.41) is 6.21. The number of carbonyl (C=O) groups is 1. The molecule has 0 spiro atoms. The number of benzene rings is 1. The van der Waals surface area contributed by atoms with Crippen molar-refractivity contribution >= 4 is 11.6 Å². The van der Waals surface area contributed by atoms with E-state index in [1.807, 2.05) is 18.2 Å². The molecule has 2 heterocycles. The number of aryl methyl sites for hydroxylation is 1. The van der Waals surface area contributed by atoms with Gasteiger partial charge in [-0.25, -0.2) is 4.98 Å². The fourth-order valence-electron chi connectivity index (χ4n) is 2.74. The molecule has 1 aromatic heterocycles. The first-order valence-electron chi connectivity index (χ1n) is 8.36. The molecule has 0 saturated carbocycles. The summed E-state index contributed by atoms with van der Waals surface area (Å²) in [6, 6.07) is 11.9. The second-order valence-corrected chi connectivity index (χ2v) is 6.06. The first kappa shape index (κ1) is 16.5. The van der Waals surface area contributed by atoms with Gasteiger partial charge in [0, 0.05) is 19.7 Å². The van der Waals surface area contributed by atoms with E-state index in [2.05, 4.69) is 34.7 Å². The number of pyridine rings is 1. The Morgan fingerprint density at radius 2 is 2.17 bits per heavy atom. The van der Waals surface area contributed by atoms with E-state index in [0.717, 1.165) is 31.7 Å². The van der Waals surface area contributed by atoms with Crippen molar-refractivity contribution in [2.24, 2.45) is 0 Å². The van der Waals surface area contributed by atoms with Crippen LogP contribution in [-0.4, -0.2) is 30.1 Å². The van der Waals surface area contributed by atoms with Crippen molar-refractivity contribution < 1.29 is 9.53 Å². The van der Waals surface area contributed by atoms with E-state index < -0.39 is 0 Å². The summed E-state index contributed by atoms with van der Waals surface area (Å²) in [7, 11) is 0. The fourth-order valence-corrected chi connectivity index (χ4v) is 2.74. The van der Waals surface area contributed by atoms with Gasteiger partial charge < -0.3 is 15.4 Å². The number of hydrogen-bond acceptors (Lipinski definition) is 4. The highest BCUT2D eigenvalue weighted by atomic mass is 16.5. The first-order valence-corrected chi connectivity index (χ1v) is 8.36. The molecule has 2 N–H and O–H groups in total. The number of carbonyl (C=O) groups excluding carboxylic acids is 1. The van der Waals surface area contributed by atoms with Crippen LogP contribution in [-0.2, 0) is 11.3 Å². The van der Waals surface area contributed by atoms with Gasteiger partial charge in [0.05, 0.1) is 18.0 Å². The van der Waals surface area contributed by atoms with Gasteiger partial charge in [0.2, 0.25) is 0 Å². The molecule has 1 atom stereocenters. The van der Waals surface area contributed by atoms with Crippen LogP contribution in [0.2, 0.25) is 0 Å². The lowest BCUT2D eigenvalue weighted by Gasteiger charge is -2.11. The molecule has 0 aliphatic carbocycles. The molecule has 126 valence electrons. The second kappa shape index (κ2) is 7.93. The number of hydrogen-bond donors (Lipinski definition) is 2. The normalized spacial score (nSPS) is 16.8. The summed E-state index contributed by atoms with van der Waals surface area (Å²) in [5.74, 6) is -0.157. The molecule has 24 heavy (non-hydrogen) atoms. The summed E-state index contributed by atoms with van der Waals surface area (Å²) < 4.78 is 5.50. The van der Waals surface area contributed by atoms with E-state index in [9.17, 15) is 4.79 Å². The van der Waals surface area contributed by atoms with Crippen LogP contribution >= 0.6 is 0 Å². The zero-order valence-electron chi connectivity index (χ0n) is 13.9. The zero-order valence-corrected chi connectivity index (χ0v) is 13.9. The van der Waals surface area contributed by atoms with E-state index in [1.165, 1.54) is 11.1 Å². The van der Waals surface area contributed by atoms with Crippen molar-refractivity contribution in [3.05, 3.63) is 59.4 Å². The van der Waals surface area contributed by atoms with Crippen LogP contribution in [0.25, 0.3) is 0 Å². The summed E-state index contributed by atoms with van der Waals surface area (Å²) in [6.45, 7) is 4.17. The van der Waals surface area contributed by atoms with E-state index in [0.29, 0.717) is 12.2 Å². The Kier molecular flexibility index (Phi) is 5.43. The summed E-state index contributed by atoms with van der Waals surface area (Å²) in [6.07, 6.45) is 3.92. The van der Waals surface area contributed by atoms with Crippen molar-refractivity contribution in [1.29, 1.82) is 0 Å². The Morgan fingerprint density at radius 1 is 1.29 bits per heavy atom. The van der Waals surface area contributed by atoms with Crippen LogP contribution in [0.15, 0.2) is 42.6 Å². The Bertz CT molecular complexity index is 679. The molecule has 3 rings (SSSR count). The average molecular weight is 325 g/mol. The molecule has 1 amide bonds. The maximum atomic E-state index is 12.1. The van der Waals surface area contributed by atoms with Crippen molar-refractivity contribution in [1.82, 2.24) is 10.3 Å². The third-order valence-electron chi connectivity index (χ3n) is 4.25. The highest BCUT2D eigenvalue weighted by Crippen LogP contribution is 2.13. The number of nitrogens with one attached hydrogen (secondary N) is 2. The molecule has 1 aliphatic rings. The van der Waals surface area contributed by atoms with Gasteiger partial charge in [0.15, 0.2) is 0 Å². The third-order valence-corrected chi connectivity index (χ3v) is 4.25. The van der Waals surface area contributed by atoms with Crippen molar-refractivity contribution in [2.75, 3.05) is 18.5 Å². The van der Waals surface area contributed by atoms with Crippen molar-refractivity contribution in [3.8, 4) is 0 Å². The molecular formula is C19H23N3O2. The number of rotatable bonds is 6. The predicted octanol–water partition coefficient (Wildman–Crippen LogP) is 2.91. The average Bonchev–Trinajstić information content (AvgIpc) is 3.13. The standard InChI is InChI=1S/C19H23N3O2/c1-14-5-2-3-6-15(14)11-20-16-8-9-18(21-12-16)19(23)22-13-17-7-4-10-24-17/h2-3,5-6,8-9,12,17,20H,4,7,10-11,13H2,1H3,(H,22,23). The zero-order chi connectivity index (χ0) is 16.8. The summed E-state index contributed by atoms with van der Waals surface area (Å²) in [5.41, 5.74) is 3.82. The van der Waals surface area contributed by atoms with Gasteiger partial charge in [-0.2, -0.15) is 0 Å². The van der Waals surface area contributed by atoms with Gasteiger partial charge in [-0.1, -0.05) is 24.3 Å². The minimum absolute atomic E-state index is 0.143. The summed E-state index contributed by atoms with van der Waals surface area (Å²) in [4.78, 5) is 16.3. The number of ether oxygens (including phenoxy) is 1. The lowest BCUT2D eigenvalue weighted by molar-refractivity contribution is 0.0854. The highest BCUT2D eigenvalue weighted by molar-refractivity contribution is 5.92. The molecule has 1 saturated heterocycles. The number of nitrogens with zero attached hydrogens (tertiary/aromatic N) is 1. The first-order chi connectivity index (χ1) is 11.7. The molecule has 2 aromatic rings. The highest BCUT2D eigenvalue weighted by Gasteiger charge is 2.17. The quantitative estimate of drug-likeness (QED) is 0.857. The van der Waals surface area contributed by atoms with Crippen molar-refractivity contribution in [2.45, 2.75) is 32.4 Å². The number of aromatic nitrogens is 1. The SMILES string of the molecule is Cc1ccccc1CNc1ccc(C(=O)NCC2CCCO2)nc1. The van der Waals surface area contributed by atoms with Gasteiger partial charge in [-0.05, 0) is 43.0 Å². The van der Waals surface area contributed by atoms with E-state index in [1.54, 1.807) is 12.3 Å². The van der Waals surface area contributed by atoms with Gasteiger partial charge in [0.1, 0.15) is 5.69 Å². The van der Waals surface area contributed by atoms with Crippen molar-refractivity contribution in [3.63, 3.8) is 0 Å². The Hall–Kier alpha value is -2.40. The monoisotopic (exact) mass is 325 g/mol. The Morgan fingerprint density at radius 3 is 2.88 bits per heavy atom. The van der Waals surface area contributed by atoms with E-state index >= 15 is 0 Å². The van der Waals surface area contributed by atoms with Crippen LogP contribution in [0.3, 0.4) is 0 Å². The van der Waals surface area contributed by atoms with Crippen LogP contribution < -0.4 is 10.6 Å². The minimum atomic E-state index is -0.157. The predicted molar refractivity (Wildman–Crippen MR) is 94.0 cm³/mol. The Labute approximate surface area is 142 Å². The molecule has 1 aliphatic heterocycles. The second-order valence-electron chi connectivity index (χ2n) is 6.06. The molecule has 1 fully saturated rings.